The number of amides is 1. The van der Waals surface area contributed by atoms with Gasteiger partial charge in [0.2, 0.25) is 5.91 Å². The van der Waals surface area contributed by atoms with Crippen LogP contribution in [-0.4, -0.2) is 25.5 Å². The van der Waals surface area contributed by atoms with Crippen LogP contribution in [0.5, 0.6) is 0 Å². The molecule has 1 fully saturated rings. The smallest absolute Gasteiger partial charge is 0.246 e. The highest BCUT2D eigenvalue weighted by molar-refractivity contribution is 5.93. The SMILES string of the molecule is CCC(CC)CNC(=O)C(C)=C1CNC1. The van der Waals surface area contributed by atoms with Gasteiger partial charge in [0.15, 0.2) is 0 Å². The standard InChI is InChI=1S/C12H22N2O/c1-4-10(5-2)6-14-12(15)9(3)11-7-13-8-11/h10,13H,4-8H2,1-3H3,(H,14,15). The first-order valence-electron chi connectivity index (χ1n) is 5.86. The maximum atomic E-state index is 11.7. The fourth-order valence-corrected chi connectivity index (χ4v) is 1.62. The molecule has 1 rings (SSSR count). The van der Waals surface area contributed by atoms with Gasteiger partial charge in [-0.05, 0) is 18.4 Å². The van der Waals surface area contributed by atoms with E-state index in [0.29, 0.717) is 5.92 Å². The Bertz CT molecular complexity index is 248. The van der Waals surface area contributed by atoms with Crippen LogP contribution >= 0.6 is 0 Å². The molecule has 0 bridgehead atoms. The Labute approximate surface area is 92.3 Å². The Kier molecular flexibility index (Phi) is 4.82. The van der Waals surface area contributed by atoms with Crippen molar-refractivity contribution in [3.8, 4) is 0 Å². The summed E-state index contributed by atoms with van der Waals surface area (Å²) in [6.45, 7) is 8.82. The second-order valence-electron chi connectivity index (χ2n) is 4.22. The monoisotopic (exact) mass is 210 g/mol. The lowest BCUT2D eigenvalue weighted by Gasteiger charge is -2.22. The van der Waals surface area contributed by atoms with Crippen molar-refractivity contribution in [2.75, 3.05) is 19.6 Å². The number of hydrogen-bond donors (Lipinski definition) is 2. The Balaban J connectivity index is 2.35. The van der Waals surface area contributed by atoms with E-state index in [4.69, 9.17) is 0 Å². The van der Waals surface area contributed by atoms with E-state index in [0.717, 1.165) is 38.0 Å². The fourth-order valence-electron chi connectivity index (χ4n) is 1.62. The van der Waals surface area contributed by atoms with Gasteiger partial charge in [0.25, 0.3) is 0 Å². The van der Waals surface area contributed by atoms with Crippen LogP contribution in [0.25, 0.3) is 0 Å². The second-order valence-corrected chi connectivity index (χ2v) is 4.22. The van der Waals surface area contributed by atoms with E-state index >= 15 is 0 Å². The highest BCUT2D eigenvalue weighted by atomic mass is 16.1. The summed E-state index contributed by atoms with van der Waals surface area (Å²) in [5.41, 5.74) is 2.15. The van der Waals surface area contributed by atoms with Crippen molar-refractivity contribution < 1.29 is 4.79 Å². The van der Waals surface area contributed by atoms with Crippen molar-refractivity contribution in [1.82, 2.24) is 10.6 Å². The molecule has 0 spiro atoms. The molecule has 86 valence electrons. The van der Waals surface area contributed by atoms with Gasteiger partial charge in [0.1, 0.15) is 0 Å². The molecule has 0 unspecified atom stereocenters. The lowest BCUT2D eigenvalue weighted by molar-refractivity contribution is -0.117. The van der Waals surface area contributed by atoms with Crippen LogP contribution in [0.15, 0.2) is 11.1 Å². The number of carbonyl (C=O) groups is 1. The third-order valence-electron chi connectivity index (χ3n) is 3.25. The van der Waals surface area contributed by atoms with Crippen molar-refractivity contribution in [2.45, 2.75) is 33.6 Å². The van der Waals surface area contributed by atoms with Crippen LogP contribution in [0.3, 0.4) is 0 Å². The predicted molar refractivity (Wildman–Crippen MR) is 62.7 cm³/mol. The molecule has 3 heteroatoms. The molecule has 0 saturated carbocycles. The molecule has 1 aliphatic rings. The summed E-state index contributed by atoms with van der Waals surface area (Å²) in [5, 5.41) is 6.16. The normalized spacial score (nSPS) is 15.1. The molecular weight excluding hydrogens is 188 g/mol. The van der Waals surface area contributed by atoms with Gasteiger partial charge in [0, 0.05) is 25.2 Å². The Morgan fingerprint density at radius 3 is 2.40 bits per heavy atom. The highest BCUT2D eigenvalue weighted by Crippen LogP contribution is 2.10. The van der Waals surface area contributed by atoms with Gasteiger partial charge in [-0.3, -0.25) is 4.79 Å². The fraction of sp³-hybridized carbons (Fsp3) is 0.750. The first kappa shape index (κ1) is 12.2. The first-order valence-corrected chi connectivity index (χ1v) is 5.86. The second kappa shape index (κ2) is 5.91. The van der Waals surface area contributed by atoms with E-state index in [1.165, 1.54) is 5.57 Å². The first-order chi connectivity index (χ1) is 7.19. The van der Waals surface area contributed by atoms with E-state index < -0.39 is 0 Å². The molecule has 1 aliphatic heterocycles. The molecule has 2 N–H and O–H groups in total. The van der Waals surface area contributed by atoms with Crippen LogP contribution in [0.2, 0.25) is 0 Å². The van der Waals surface area contributed by atoms with Gasteiger partial charge in [0.05, 0.1) is 0 Å². The zero-order valence-corrected chi connectivity index (χ0v) is 10.0. The zero-order valence-electron chi connectivity index (χ0n) is 10.0. The number of nitrogens with one attached hydrogen (secondary N) is 2. The summed E-state index contributed by atoms with van der Waals surface area (Å²) >= 11 is 0. The molecule has 0 aromatic rings. The summed E-state index contributed by atoms with van der Waals surface area (Å²) in [7, 11) is 0. The molecule has 0 atom stereocenters. The summed E-state index contributed by atoms with van der Waals surface area (Å²) in [4.78, 5) is 11.7. The maximum Gasteiger partial charge on any atom is 0.246 e. The van der Waals surface area contributed by atoms with Crippen LogP contribution in [0, 0.1) is 5.92 Å². The Morgan fingerprint density at radius 1 is 1.40 bits per heavy atom. The van der Waals surface area contributed by atoms with E-state index in [9.17, 15) is 4.79 Å². The minimum atomic E-state index is 0.110. The summed E-state index contributed by atoms with van der Waals surface area (Å²) in [5.74, 6) is 0.727. The molecule has 0 aliphatic carbocycles. The van der Waals surface area contributed by atoms with Crippen molar-refractivity contribution >= 4 is 5.91 Å². The average Bonchev–Trinajstić information content (AvgIpc) is 2.16. The zero-order chi connectivity index (χ0) is 11.3. The Hall–Kier alpha value is -0.830. The number of rotatable bonds is 5. The van der Waals surface area contributed by atoms with Crippen LogP contribution in [0.4, 0.5) is 0 Å². The molecule has 0 aromatic carbocycles. The van der Waals surface area contributed by atoms with E-state index in [-0.39, 0.29) is 5.91 Å². The number of carbonyl (C=O) groups excluding carboxylic acids is 1. The molecule has 1 amide bonds. The van der Waals surface area contributed by atoms with Crippen molar-refractivity contribution in [3.63, 3.8) is 0 Å². The maximum absolute atomic E-state index is 11.7. The van der Waals surface area contributed by atoms with Gasteiger partial charge < -0.3 is 10.6 Å². The molecule has 3 nitrogen and oxygen atoms in total. The third kappa shape index (κ3) is 3.34. The van der Waals surface area contributed by atoms with E-state index in [1.807, 2.05) is 6.92 Å². The van der Waals surface area contributed by atoms with Gasteiger partial charge >= 0.3 is 0 Å². The third-order valence-corrected chi connectivity index (χ3v) is 3.25. The van der Waals surface area contributed by atoms with E-state index in [1.54, 1.807) is 0 Å². The molecule has 0 radical (unpaired) electrons. The molecule has 0 aromatic heterocycles. The summed E-state index contributed by atoms with van der Waals surface area (Å²) in [6, 6.07) is 0. The van der Waals surface area contributed by atoms with Gasteiger partial charge in [-0.25, -0.2) is 0 Å². The minimum Gasteiger partial charge on any atom is -0.352 e. The topological polar surface area (TPSA) is 41.1 Å². The van der Waals surface area contributed by atoms with Crippen molar-refractivity contribution in [3.05, 3.63) is 11.1 Å². The lowest BCUT2D eigenvalue weighted by atomic mass is 10.0. The van der Waals surface area contributed by atoms with Gasteiger partial charge in [-0.15, -0.1) is 0 Å². The molecule has 1 saturated heterocycles. The highest BCUT2D eigenvalue weighted by Gasteiger charge is 2.16. The predicted octanol–water partition coefficient (Wildman–Crippen LogP) is 1.46. The van der Waals surface area contributed by atoms with Crippen LogP contribution in [0.1, 0.15) is 33.6 Å². The van der Waals surface area contributed by atoms with Crippen LogP contribution < -0.4 is 10.6 Å². The van der Waals surface area contributed by atoms with Crippen LogP contribution in [-0.2, 0) is 4.79 Å². The Morgan fingerprint density at radius 2 is 2.00 bits per heavy atom. The molecule has 1 heterocycles. The van der Waals surface area contributed by atoms with E-state index in [2.05, 4.69) is 24.5 Å². The van der Waals surface area contributed by atoms with Gasteiger partial charge in [-0.2, -0.15) is 0 Å². The lowest BCUT2D eigenvalue weighted by Crippen LogP contribution is -2.38. The molecular formula is C12H22N2O. The largest absolute Gasteiger partial charge is 0.352 e. The van der Waals surface area contributed by atoms with Crippen molar-refractivity contribution in [1.29, 1.82) is 0 Å². The summed E-state index contributed by atoms with van der Waals surface area (Å²) < 4.78 is 0. The van der Waals surface area contributed by atoms with Gasteiger partial charge in [-0.1, -0.05) is 26.7 Å². The number of hydrogen-bond acceptors (Lipinski definition) is 2. The molecule has 15 heavy (non-hydrogen) atoms. The quantitative estimate of drug-likeness (QED) is 0.674. The minimum absolute atomic E-state index is 0.110. The average molecular weight is 210 g/mol. The summed E-state index contributed by atoms with van der Waals surface area (Å²) in [6.07, 6.45) is 2.27. The van der Waals surface area contributed by atoms with Crippen molar-refractivity contribution in [2.24, 2.45) is 5.92 Å².